The van der Waals surface area contributed by atoms with Crippen LogP contribution < -0.4 is 5.32 Å². The first-order chi connectivity index (χ1) is 12.6. The molecular formula is C19H24FN5O. The van der Waals surface area contributed by atoms with E-state index in [-0.39, 0.29) is 29.7 Å². The fraction of sp³-hybridized carbons (Fsp3) is 0.526. The second kappa shape index (κ2) is 7.15. The molecule has 7 heteroatoms. The Labute approximate surface area is 152 Å². The van der Waals surface area contributed by atoms with E-state index in [9.17, 15) is 9.18 Å². The minimum atomic E-state index is -0.273. The Hall–Kier alpha value is -2.28. The van der Waals surface area contributed by atoms with Crippen molar-refractivity contribution >= 4 is 5.91 Å². The fourth-order valence-corrected chi connectivity index (χ4v) is 4.13. The van der Waals surface area contributed by atoms with Gasteiger partial charge in [0.2, 0.25) is 0 Å². The summed E-state index contributed by atoms with van der Waals surface area (Å²) in [6.45, 7) is 4.63. The summed E-state index contributed by atoms with van der Waals surface area (Å²) < 4.78 is 15.5. The van der Waals surface area contributed by atoms with Crippen molar-refractivity contribution in [2.75, 3.05) is 19.6 Å². The molecule has 2 aliphatic heterocycles. The lowest BCUT2D eigenvalue weighted by Gasteiger charge is -2.27. The van der Waals surface area contributed by atoms with E-state index in [1.165, 1.54) is 12.1 Å². The molecule has 3 atom stereocenters. The normalized spacial score (nSPS) is 26.2. The van der Waals surface area contributed by atoms with Crippen molar-refractivity contribution in [2.45, 2.75) is 38.3 Å². The van der Waals surface area contributed by atoms with Crippen LogP contribution in [-0.4, -0.2) is 45.4 Å². The van der Waals surface area contributed by atoms with Gasteiger partial charge in [-0.05, 0) is 49.4 Å². The molecule has 2 fully saturated rings. The number of nitrogens with zero attached hydrogens (tertiary/aromatic N) is 4. The lowest BCUT2D eigenvalue weighted by atomic mass is 9.95. The zero-order chi connectivity index (χ0) is 18.1. The smallest absolute Gasteiger partial charge is 0.276 e. The summed E-state index contributed by atoms with van der Waals surface area (Å²) in [6, 6.07) is 6.66. The van der Waals surface area contributed by atoms with Gasteiger partial charge in [-0.15, -0.1) is 5.10 Å². The average Bonchev–Trinajstić information content (AvgIpc) is 3.29. The number of aromatic nitrogens is 3. The Morgan fingerprint density at radius 2 is 2.23 bits per heavy atom. The van der Waals surface area contributed by atoms with E-state index in [0.717, 1.165) is 37.9 Å². The van der Waals surface area contributed by atoms with Crippen molar-refractivity contribution in [3.8, 4) is 0 Å². The van der Waals surface area contributed by atoms with Crippen LogP contribution in [0.2, 0.25) is 0 Å². The van der Waals surface area contributed by atoms with Gasteiger partial charge in [0.05, 0.1) is 18.3 Å². The van der Waals surface area contributed by atoms with E-state index >= 15 is 0 Å². The van der Waals surface area contributed by atoms with Crippen LogP contribution in [0, 0.1) is 11.7 Å². The molecule has 1 N–H and O–H groups in total. The number of likely N-dealkylation sites (tertiary alicyclic amines) is 1. The number of carbonyl (C=O) groups excluding carboxylic acids is 1. The third-order valence-corrected chi connectivity index (χ3v) is 5.53. The Balaban J connectivity index is 1.56. The van der Waals surface area contributed by atoms with Crippen LogP contribution >= 0.6 is 0 Å². The number of piperidine rings is 1. The van der Waals surface area contributed by atoms with Gasteiger partial charge in [0.15, 0.2) is 5.69 Å². The predicted molar refractivity (Wildman–Crippen MR) is 95.1 cm³/mol. The van der Waals surface area contributed by atoms with Crippen LogP contribution in [0.4, 0.5) is 4.39 Å². The van der Waals surface area contributed by atoms with Crippen molar-refractivity contribution in [1.82, 2.24) is 25.2 Å². The molecule has 1 aromatic heterocycles. The van der Waals surface area contributed by atoms with Gasteiger partial charge >= 0.3 is 0 Å². The molecule has 6 nitrogen and oxygen atoms in total. The van der Waals surface area contributed by atoms with Gasteiger partial charge in [-0.3, -0.25) is 4.79 Å². The molecular weight excluding hydrogens is 333 g/mol. The van der Waals surface area contributed by atoms with Crippen LogP contribution in [0.1, 0.15) is 54.3 Å². The molecule has 3 heterocycles. The molecule has 0 spiro atoms. The van der Waals surface area contributed by atoms with Crippen molar-refractivity contribution in [2.24, 2.45) is 5.92 Å². The monoisotopic (exact) mass is 357 g/mol. The van der Waals surface area contributed by atoms with Gasteiger partial charge in [0.25, 0.3) is 5.91 Å². The minimum Gasteiger partial charge on any atom is -0.330 e. The first-order valence-corrected chi connectivity index (χ1v) is 9.32. The maximum absolute atomic E-state index is 13.7. The third-order valence-electron chi connectivity index (χ3n) is 5.53. The number of benzene rings is 1. The minimum absolute atomic E-state index is 0.125. The lowest BCUT2D eigenvalue weighted by molar-refractivity contribution is 0.0714. The predicted octanol–water partition coefficient (Wildman–Crippen LogP) is 2.57. The Kier molecular flexibility index (Phi) is 4.72. The molecule has 0 bridgehead atoms. The molecule has 1 aromatic carbocycles. The summed E-state index contributed by atoms with van der Waals surface area (Å²) in [5.41, 5.74) is 1.21. The van der Waals surface area contributed by atoms with Crippen molar-refractivity contribution in [1.29, 1.82) is 0 Å². The lowest BCUT2D eigenvalue weighted by Crippen LogP contribution is -2.32. The highest BCUT2D eigenvalue weighted by atomic mass is 19.1. The number of nitrogens with one attached hydrogen (secondary N) is 1. The largest absolute Gasteiger partial charge is 0.330 e. The van der Waals surface area contributed by atoms with Crippen LogP contribution in [0.3, 0.4) is 0 Å². The van der Waals surface area contributed by atoms with Gasteiger partial charge in [0.1, 0.15) is 5.82 Å². The quantitative estimate of drug-likeness (QED) is 0.917. The van der Waals surface area contributed by atoms with E-state index < -0.39 is 0 Å². The Bertz CT molecular complexity index is 786. The van der Waals surface area contributed by atoms with Gasteiger partial charge < -0.3 is 10.2 Å². The van der Waals surface area contributed by atoms with E-state index in [1.54, 1.807) is 16.9 Å². The highest BCUT2D eigenvalue weighted by Crippen LogP contribution is 2.37. The SMILES string of the molecule is CC1CCN(C(=O)c2cn(C3CCCNC3)nn2)C1c1cccc(F)c1. The van der Waals surface area contributed by atoms with Crippen molar-refractivity contribution < 1.29 is 9.18 Å². The first kappa shape index (κ1) is 17.1. The van der Waals surface area contributed by atoms with Crippen LogP contribution in [0.25, 0.3) is 0 Å². The zero-order valence-electron chi connectivity index (χ0n) is 14.9. The number of amides is 1. The molecule has 2 saturated heterocycles. The molecule has 4 rings (SSSR count). The standard InChI is InChI=1S/C19H24FN5O/c1-13-7-9-24(18(13)14-4-2-5-15(20)10-14)19(26)17-12-25(23-22-17)16-6-3-8-21-11-16/h2,4-5,10,12-13,16,18,21H,3,6-9,11H2,1H3. The summed E-state index contributed by atoms with van der Waals surface area (Å²) in [7, 11) is 0. The number of carbonyl (C=O) groups is 1. The Morgan fingerprint density at radius 1 is 1.35 bits per heavy atom. The molecule has 26 heavy (non-hydrogen) atoms. The average molecular weight is 357 g/mol. The van der Waals surface area contributed by atoms with Gasteiger partial charge in [-0.25, -0.2) is 9.07 Å². The molecule has 138 valence electrons. The molecule has 2 aliphatic rings. The van der Waals surface area contributed by atoms with Crippen LogP contribution in [-0.2, 0) is 0 Å². The second-order valence-corrected chi connectivity index (χ2v) is 7.35. The molecule has 0 radical (unpaired) electrons. The highest BCUT2D eigenvalue weighted by Gasteiger charge is 2.37. The fourth-order valence-electron chi connectivity index (χ4n) is 4.13. The molecule has 3 unspecified atom stereocenters. The number of halogens is 1. The van der Waals surface area contributed by atoms with Crippen LogP contribution in [0.15, 0.2) is 30.5 Å². The van der Waals surface area contributed by atoms with E-state index in [4.69, 9.17) is 0 Å². The molecule has 2 aromatic rings. The van der Waals surface area contributed by atoms with Gasteiger partial charge in [-0.1, -0.05) is 24.3 Å². The summed E-state index contributed by atoms with van der Waals surface area (Å²) in [4.78, 5) is 14.9. The summed E-state index contributed by atoms with van der Waals surface area (Å²) in [5, 5.41) is 11.7. The van der Waals surface area contributed by atoms with Gasteiger partial charge in [-0.2, -0.15) is 0 Å². The third kappa shape index (κ3) is 3.23. The summed E-state index contributed by atoms with van der Waals surface area (Å²) in [6.07, 6.45) is 4.79. The maximum atomic E-state index is 13.7. The number of rotatable bonds is 3. The van der Waals surface area contributed by atoms with Crippen molar-refractivity contribution in [3.63, 3.8) is 0 Å². The van der Waals surface area contributed by atoms with E-state index in [2.05, 4.69) is 22.6 Å². The second-order valence-electron chi connectivity index (χ2n) is 7.35. The first-order valence-electron chi connectivity index (χ1n) is 9.32. The summed E-state index contributed by atoms with van der Waals surface area (Å²) in [5.74, 6) is -0.123. The molecule has 0 saturated carbocycles. The highest BCUT2D eigenvalue weighted by molar-refractivity contribution is 5.92. The Morgan fingerprint density at radius 3 is 3.00 bits per heavy atom. The van der Waals surface area contributed by atoms with Gasteiger partial charge in [0, 0.05) is 13.1 Å². The molecule has 0 aliphatic carbocycles. The molecule has 1 amide bonds. The zero-order valence-corrected chi connectivity index (χ0v) is 14.9. The topological polar surface area (TPSA) is 63.1 Å². The number of hydrogen-bond donors (Lipinski definition) is 1. The van der Waals surface area contributed by atoms with E-state index in [1.807, 2.05) is 11.0 Å². The summed E-state index contributed by atoms with van der Waals surface area (Å²) >= 11 is 0. The maximum Gasteiger partial charge on any atom is 0.276 e. The van der Waals surface area contributed by atoms with E-state index in [0.29, 0.717) is 12.2 Å². The number of hydrogen-bond acceptors (Lipinski definition) is 4. The van der Waals surface area contributed by atoms with Crippen LogP contribution in [0.5, 0.6) is 0 Å². The van der Waals surface area contributed by atoms with Crippen molar-refractivity contribution in [3.05, 3.63) is 47.5 Å².